The first kappa shape index (κ1) is 12.2. The summed E-state index contributed by atoms with van der Waals surface area (Å²) in [5.74, 6) is 1.19. The fraction of sp³-hybridized carbons (Fsp3) is 0.357. The van der Waals surface area contributed by atoms with Crippen LogP contribution in [0.25, 0.3) is 10.9 Å². The largest absolute Gasteiger partial charge is 0.382 e. The van der Waals surface area contributed by atoms with Gasteiger partial charge in [0.1, 0.15) is 0 Å². The molecular weight excluding hydrogens is 228 g/mol. The zero-order valence-corrected chi connectivity index (χ0v) is 11.1. The summed E-state index contributed by atoms with van der Waals surface area (Å²) in [4.78, 5) is 4.37. The summed E-state index contributed by atoms with van der Waals surface area (Å²) in [5, 5.41) is 4.77. The molecule has 0 aliphatic heterocycles. The molecule has 0 spiro atoms. The highest BCUT2D eigenvalue weighted by molar-refractivity contribution is 7.98. The summed E-state index contributed by atoms with van der Waals surface area (Å²) < 4.78 is 0. The van der Waals surface area contributed by atoms with Gasteiger partial charge in [-0.2, -0.15) is 11.8 Å². The van der Waals surface area contributed by atoms with Crippen molar-refractivity contribution in [3.8, 4) is 0 Å². The van der Waals surface area contributed by atoms with Gasteiger partial charge in [-0.1, -0.05) is 18.2 Å². The van der Waals surface area contributed by atoms with Gasteiger partial charge in [-0.25, -0.2) is 0 Å². The number of benzene rings is 1. The van der Waals surface area contributed by atoms with Crippen LogP contribution in [0, 0.1) is 0 Å². The number of para-hydroxylation sites is 1. The summed E-state index contributed by atoms with van der Waals surface area (Å²) in [6.07, 6.45) is 5.19. The molecule has 2 nitrogen and oxygen atoms in total. The Morgan fingerprint density at radius 1 is 1.29 bits per heavy atom. The van der Waals surface area contributed by atoms with Crippen LogP contribution < -0.4 is 5.32 Å². The van der Waals surface area contributed by atoms with Crippen LogP contribution in [0.3, 0.4) is 0 Å². The van der Waals surface area contributed by atoms with E-state index >= 15 is 0 Å². The zero-order valence-electron chi connectivity index (χ0n) is 10.3. The van der Waals surface area contributed by atoms with Gasteiger partial charge in [-0.05, 0) is 37.5 Å². The molecule has 0 amide bonds. The Kier molecular flexibility index (Phi) is 4.26. The van der Waals surface area contributed by atoms with E-state index in [2.05, 4.69) is 41.7 Å². The highest BCUT2D eigenvalue weighted by Crippen LogP contribution is 2.22. The first-order valence-electron chi connectivity index (χ1n) is 5.90. The number of aromatic nitrogens is 1. The third-order valence-corrected chi connectivity index (χ3v) is 3.45. The summed E-state index contributed by atoms with van der Waals surface area (Å²) in [5.41, 5.74) is 2.23. The molecule has 1 aromatic carbocycles. The number of hydrogen-bond donors (Lipinski definition) is 1. The molecule has 0 saturated carbocycles. The lowest BCUT2D eigenvalue weighted by atomic mass is 10.1. The van der Waals surface area contributed by atoms with Gasteiger partial charge in [-0.15, -0.1) is 0 Å². The molecule has 1 unspecified atom stereocenters. The van der Waals surface area contributed by atoms with Gasteiger partial charge in [0.2, 0.25) is 0 Å². The summed E-state index contributed by atoms with van der Waals surface area (Å²) in [6, 6.07) is 10.8. The van der Waals surface area contributed by atoms with Crippen LogP contribution in [0.1, 0.15) is 13.3 Å². The number of fused-ring (bicyclic) bond motifs is 1. The van der Waals surface area contributed by atoms with Crippen LogP contribution in [0.15, 0.2) is 36.5 Å². The standard InChI is InChI=1S/C14H18N2S/c1-11(8-10-17-2)16-14-7-9-15-13-6-4-3-5-12(13)14/h3-7,9,11H,8,10H2,1-2H3,(H,15,16). The number of nitrogens with one attached hydrogen (secondary N) is 1. The molecule has 2 aromatic rings. The van der Waals surface area contributed by atoms with Crippen LogP contribution >= 0.6 is 11.8 Å². The second-order valence-corrected chi connectivity index (χ2v) is 5.19. The number of thioether (sulfide) groups is 1. The van der Waals surface area contributed by atoms with Crippen molar-refractivity contribution in [2.75, 3.05) is 17.3 Å². The maximum absolute atomic E-state index is 4.37. The van der Waals surface area contributed by atoms with Crippen LogP contribution in [-0.4, -0.2) is 23.0 Å². The molecule has 1 atom stereocenters. The van der Waals surface area contributed by atoms with E-state index in [-0.39, 0.29) is 0 Å². The lowest BCUT2D eigenvalue weighted by Gasteiger charge is -2.16. The minimum Gasteiger partial charge on any atom is -0.382 e. The maximum atomic E-state index is 4.37. The average molecular weight is 246 g/mol. The van der Waals surface area contributed by atoms with Crippen molar-refractivity contribution in [1.29, 1.82) is 0 Å². The van der Waals surface area contributed by atoms with E-state index in [1.165, 1.54) is 23.2 Å². The van der Waals surface area contributed by atoms with E-state index in [0.717, 1.165) is 5.52 Å². The van der Waals surface area contributed by atoms with Gasteiger partial charge in [0, 0.05) is 23.3 Å². The van der Waals surface area contributed by atoms with Crippen molar-refractivity contribution in [3.63, 3.8) is 0 Å². The molecule has 0 fully saturated rings. The summed E-state index contributed by atoms with van der Waals surface area (Å²) >= 11 is 1.89. The van der Waals surface area contributed by atoms with Crippen molar-refractivity contribution >= 4 is 28.4 Å². The van der Waals surface area contributed by atoms with E-state index in [1.807, 2.05) is 30.1 Å². The fourth-order valence-corrected chi connectivity index (χ4v) is 2.44. The quantitative estimate of drug-likeness (QED) is 0.869. The van der Waals surface area contributed by atoms with Crippen LogP contribution in [0.5, 0.6) is 0 Å². The molecule has 1 N–H and O–H groups in total. The second kappa shape index (κ2) is 5.92. The smallest absolute Gasteiger partial charge is 0.0722 e. The Morgan fingerprint density at radius 3 is 2.94 bits per heavy atom. The zero-order chi connectivity index (χ0) is 12.1. The van der Waals surface area contributed by atoms with Gasteiger partial charge in [0.15, 0.2) is 0 Å². The first-order chi connectivity index (χ1) is 8.31. The Labute approximate surface area is 107 Å². The maximum Gasteiger partial charge on any atom is 0.0722 e. The highest BCUT2D eigenvalue weighted by Gasteiger charge is 2.05. The Bertz CT molecular complexity index is 479. The van der Waals surface area contributed by atoms with Gasteiger partial charge in [0.25, 0.3) is 0 Å². The van der Waals surface area contributed by atoms with E-state index in [9.17, 15) is 0 Å². The number of hydrogen-bond acceptors (Lipinski definition) is 3. The molecule has 90 valence electrons. The van der Waals surface area contributed by atoms with E-state index < -0.39 is 0 Å². The number of rotatable bonds is 5. The predicted molar refractivity (Wildman–Crippen MR) is 77.8 cm³/mol. The van der Waals surface area contributed by atoms with Gasteiger partial charge in [-0.3, -0.25) is 4.98 Å². The van der Waals surface area contributed by atoms with E-state index in [1.54, 1.807) is 0 Å². The normalized spacial score (nSPS) is 12.6. The monoisotopic (exact) mass is 246 g/mol. The van der Waals surface area contributed by atoms with Gasteiger partial charge < -0.3 is 5.32 Å². The lowest BCUT2D eigenvalue weighted by Crippen LogP contribution is -2.16. The second-order valence-electron chi connectivity index (χ2n) is 4.20. The van der Waals surface area contributed by atoms with Crippen molar-refractivity contribution in [1.82, 2.24) is 4.98 Å². The summed E-state index contributed by atoms with van der Waals surface area (Å²) in [7, 11) is 0. The lowest BCUT2D eigenvalue weighted by molar-refractivity contribution is 0.773. The van der Waals surface area contributed by atoms with Crippen LogP contribution in [0.2, 0.25) is 0 Å². The fourth-order valence-electron chi connectivity index (χ4n) is 1.85. The molecule has 1 aromatic heterocycles. The SMILES string of the molecule is CSCCC(C)Nc1ccnc2ccccc12. The van der Waals surface area contributed by atoms with Crippen molar-refractivity contribution in [2.24, 2.45) is 0 Å². The molecule has 0 aliphatic rings. The molecule has 3 heteroatoms. The van der Waals surface area contributed by atoms with Crippen molar-refractivity contribution < 1.29 is 0 Å². The predicted octanol–water partition coefficient (Wildman–Crippen LogP) is 3.79. The number of pyridine rings is 1. The van der Waals surface area contributed by atoms with Gasteiger partial charge in [0.05, 0.1) is 5.52 Å². The molecule has 0 saturated heterocycles. The first-order valence-corrected chi connectivity index (χ1v) is 7.30. The van der Waals surface area contributed by atoms with E-state index in [0.29, 0.717) is 6.04 Å². The molecule has 17 heavy (non-hydrogen) atoms. The number of nitrogens with zero attached hydrogens (tertiary/aromatic N) is 1. The third-order valence-electron chi connectivity index (χ3n) is 2.81. The van der Waals surface area contributed by atoms with Crippen LogP contribution in [-0.2, 0) is 0 Å². The van der Waals surface area contributed by atoms with Crippen molar-refractivity contribution in [3.05, 3.63) is 36.5 Å². The minimum absolute atomic E-state index is 0.494. The molecule has 1 heterocycles. The van der Waals surface area contributed by atoms with Gasteiger partial charge >= 0.3 is 0 Å². The van der Waals surface area contributed by atoms with E-state index in [4.69, 9.17) is 0 Å². The van der Waals surface area contributed by atoms with Crippen molar-refractivity contribution in [2.45, 2.75) is 19.4 Å². The minimum atomic E-state index is 0.494. The Balaban J connectivity index is 2.18. The molecule has 0 aliphatic carbocycles. The Hall–Kier alpha value is -1.22. The Morgan fingerprint density at radius 2 is 2.12 bits per heavy atom. The average Bonchev–Trinajstić information content (AvgIpc) is 2.37. The topological polar surface area (TPSA) is 24.9 Å². The molecule has 0 bridgehead atoms. The summed E-state index contributed by atoms with van der Waals surface area (Å²) in [6.45, 7) is 2.23. The molecule has 2 rings (SSSR count). The molecular formula is C14H18N2S. The highest BCUT2D eigenvalue weighted by atomic mass is 32.2. The number of anilines is 1. The molecule has 0 radical (unpaired) electrons. The van der Waals surface area contributed by atoms with Crippen LogP contribution in [0.4, 0.5) is 5.69 Å². The third kappa shape index (κ3) is 3.13.